The Morgan fingerprint density at radius 2 is 1.62 bits per heavy atom. The van der Waals surface area contributed by atoms with Crippen molar-refractivity contribution >= 4 is 23.9 Å². The normalized spacial score (nSPS) is 13.5. The summed E-state index contributed by atoms with van der Waals surface area (Å²) < 4.78 is 0. The molecule has 0 saturated heterocycles. The van der Waals surface area contributed by atoms with Crippen LogP contribution in [-0.2, 0) is 0 Å². The molecule has 0 amide bonds. The highest BCUT2D eigenvalue weighted by Crippen LogP contribution is 2.06. The van der Waals surface area contributed by atoms with Gasteiger partial charge in [0.1, 0.15) is 5.82 Å². The van der Waals surface area contributed by atoms with E-state index in [1.165, 1.54) is 5.22 Å². The molecule has 0 aromatic carbocycles. The van der Waals surface area contributed by atoms with E-state index in [-0.39, 0.29) is 0 Å². The van der Waals surface area contributed by atoms with Crippen molar-refractivity contribution in [2.45, 2.75) is 12.8 Å². The molecule has 0 bridgehead atoms. The summed E-state index contributed by atoms with van der Waals surface area (Å²) in [7, 11) is 7.97. The predicted octanol–water partition coefficient (Wildman–Crippen LogP) is -0.0366. The Labute approximate surface area is 95.9 Å². The molecule has 0 N–H and O–H groups in total. The van der Waals surface area contributed by atoms with Gasteiger partial charge >= 0.3 is 0 Å². The molecule has 0 fully saturated rings. The van der Waals surface area contributed by atoms with Crippen molar-refractivity contribution in [3.8, 4) is 0 Å². The van der Waals surface area contributed by atoms with Crippen molar-refractivity contribution in [2.75, 3.05) is 38.0 Å². The third-order valence-corrected chi connectivity index (χ3v) is 2.62. The zero-order chi connectivity index (χ0) is 11.7. The molecule has 16 heavy (non-hydrogen) atoms. The number of fused-ring (bicyclic) bond motifs is 1. The molecule has 0 spiro atoms. The van der Waals surface area contributed by atoms with Crippen LogP contribution in [-0.4, -0.2) is 38.2 Å². The molecule has 1 aliphatic carbocycles. The maximum atomic E-state index is 4.57. The second kappa shape index (κ2) is 4.12. The van der Waals surface area contributed by atoms with Crippen LogP contribution in [0.3, 0.4) is 0 Å². The molecule has 4 heteroatoms. The van der Waals surface area contributed by atoms with Crippen LogP contribution < -0.4 is 20.4 Å². The lowest BCUT2D eigenvalue weighted by Crippen LogP contribution is -2.38. The summed E-state index contributed by atoms with van der Waals surface area (Å²) in [6.07, 6.45) is 6.57. The highest BCUT2D eigenvalue weighted by Gasteiger charge is 2.09. The zero-order valence-corrected chi connectivity index (χ0v) is 10.4. The molecule has 1 aromatic rings. The smallest absolute Gasteiger partial charge is 0.227 e. The van der Waals surface area contributed by atoms with Gasteiger partial charge in [-0.3, -0.25) is 0 Å². The van der Waals surface area contributed by atoms with Gasteiger partial charge in [0.25, 0.3) is 0 Å². The summed E-state index contributed by atoms with van der Waals surface area (Å²) >= 11 is 0. The third kappa shape index (κ3) is 1.87. The predicted molar refractivity (Wildman–Crippen MR) is 68.1 cm³/mol. The molecule has 1 aromatic heterocycles. The average Bonchev–Trinajstić information content (AvgIpc) is 2.27. The van der Waals surface area contributed by atoms with E-state index in [0.29, 0.717) is 0 Å². The van der Waals surface area contributed by atoms with Crippen LogP contribution in [0.15, 0.2) is 0 Å². The van der Waals surface area contributed by atoms with Crippen LogP contribution in [0.4, 0.5) is 11.8 Å². The number of hydrogen-bond acceptors (Lipinski definition) is 4. The van der Waals surface area contributed by atoms with E-state index in [9.17, 15) is 0 Å². The minimum Gasteiger partial charge on any atom is -0.362 e. The van der Waals surface area contributed by atoms with Crippen LogP contribution in [0.25, 0.3) is 12.2 Å². The molecule has 2 rings (SSSR count). The van der Waals surface area contributed by atoms with Gasteiger partial charge in [-0.05, 0) is 12.8 Å². The quantitative estimate of drug-likeness (QED) is 0.697. The van der Waals surface area contributed by atoms with Gasteiger partial charge in [-0.25, -0.2) is 4.98 Å². The van der Waals surface area contributed by atoms with Gasteiger partial charge < -0.3 is 9.80 Å². The van der Waals surface area contributed by atoms with Crippen LogP contribution in [0.2, 0.25) is 0 Å². The van der Waals surface area contributed by atoms with Crippen molar-refractivity contribution < 1.29 is 0 Å². The molecular weight excluding hydrogens is 200 g/mol. The second-order valence-electron chi connectivity index (χ2n) is 4.42. The third-order valence-electron chi connectivity index (χ3n) is 2.62. The SMILES string of the molecule is CN(C)c1nc(N(C)C)c2c(n1)=CCCC=2. The van der Waals surface area contributed by atoms with Gasteiger partial charge in [-0.1, -0.05) is 12.2 Å². The van der Waals surface area contributed by atoms with Crippen LogP contribution >= 0.6 is 0 Å². The lowest BCUT2D eigenvalue weighted by Gasteiger charge is -2.17. The fourth-order valence-corrected chi connectivity index (χ4v) is 1.80. The zero-order valence-electron chi connectivity index (χ0n) is 10.4. The van der Waals surface area contributed by atoms with Gasteiger partial charge in [0, 0.05) is 33.4 Å². The van der Waals surface area contributed by atoms with Gasteiger partial charge in [-0.15, -0.1) is 0 Å². The summed E-state index contributed by atoms with van der Waals surface area (Å²) in [4.78, 5) is 13.1. The average molecular weight is 218 g/mol. The molecular formula is C12H18N4. The van der Waals surface area contributed by atoms with Crippen molar-refractivity contribution in [3.63, 3.8) is 0 Å². The Bertz CT molecular complexity index is 502. The summed E-state index contributed by atoms with van der Waals surface area (Å²) in [5.74, 6) is 1.78. The van der Waals surface area contributed by atoms with Crippen LogP contribution in [0.1, 0.15) is 12.8 Å². The highest BCUT2D eigenvalue weighted by molar-refractivity contribution is 5.51. The molecule has 4 nitrogen and oxygen atoms in total. The Hall–Kier alpha value is -1.58. The van der Waals surface area contributed by atoms with Gasteiger partial charge in [0.05, 0.1) is 5.35 Å². The Morgan fingerprint density at radius 1 is 0.938 bits per heavy atom. The number of rotatable bonds is 2. The maximum absolute atomic E-state index is 4.57. The van der Waals surface area contributed by atoms with E-state index in [2.05, 4.69) is 22.1 Å². The first-order valence-corrected chi connectivity index (χ1v) is 5.52. The molecule has 0 unspecified atom stereocenters. The topological polar surface area (TPSA) is 32.3 Å². The number of anilines is 2. The summed E-state index contributed by atoms with van der Waals surface area (Å²) in [5.41, 5.74) is 0. The molecule has 1 heterocycles. The van der Waals surface area contributed by atoms with E-state index in [1.54, 1.807) is 0 Å². The molecule has 0 saturated carbocycles. The standard InChI is InChI=1S/C12H18N4/c1-15(2)11-9-7-5-6-8-10(9)13-12(14-11)16(3)4/h7-8H,5-6H2,1-4H3. The minimum atomic E-state index is 0.772. The Balaban J connectivity index is 2.73. The molecule has 0 atom stereocenters. The van der Waals surface area contributed by atoms with E-state index in [4.69, 9.17) is 0 Å². The maximum Gasteiger partial charge on any atom is 0.227 e. The number of aromatic nitrogens is 2. The fourth-order valence-electron chi connectivity index (χ4n) is 1.80. The first-order chi connectivity index (χ1) is 7.59. The first kappa shape index (κ1) is 10.9. The van der Waals surface area contributed by atoms with Gasteiger partial charge in [-0.2, -0.15) is 4.98 Å². The molecule has 0 aliphatic heterocycles. The lowest BCUT2D eigenvalue weighted by atomic mass is 10.1. The van der Waals surface area contributed by atoms with E-state index >= 15 is 0 Å². The molecule has 86 valence electrons. The van der Waals surface area contributed by atoms with Crippen molar-refractivity contribution in [2.24, 2.45) is 0 Å². The van der Waals surface area contributed by atoms with Crippen LogP contribution in [0, 0.1) is 0 Å². The molecule has 0 radical (unpaired) electrons. The van der Waals surface area contributed by atoms with Gasteiger partial charge in [0.2, 0.25) is 5.95 Å². The molecule has 1 aliphatic rings. The number of hydrogen-bond donors (Lipinski definition) is 0. The van der Waals surface area contributed by atoms with Gasteiger partial charge in [0.15, 0.2) is 0 Å². The monoisotopic (exact) mass is 218 g/mol. The Kier molecular flexibility index (Phi) is 2.81. The van der Waals surface area contributed by atoms with E-state index in [0.717, 1.165) is 30.0 Å². The first-order valence-electron chi connectivity index (χ1n) is 5.52. The van der Waals surface area contributed by atoms with Crippen molar-refractivity contribution in [3.05, 3.63) is 10.6 Å². The summed E-state index contributed by atoms with van der Waals surface area (Å²) in [6, 6.07) is 0. The fraction of sp³-hybridized carbons (Fsp3) is 0.500. The van der Waals surface area contributed by atoms with E-state index < -0.39 is 0 Å². The highest BCUT2D eigenvalue weighted by atomic mass is 15.3. The largest absolute Gasteiger partial charge is 0.362 e. The summed E-state index contributed by atoms with van der Waals surface area (Å²) in [5, 5.41) is 2.23. The van der Waals surface area contributed by atoms with Crippen molar-refractivity contribution in [1.82, 2.24) is 9.97 Å². The van der Waals surface area contributed by atoms with E-state index in [1.807, 2.05) is 38.0 Å². The minimum absolute atomic E-state index is 0.772. The van der Waals surface area contributed by atoms with Crippen molar-refractivity contribution in [1.29, 1.82) is 0 Å². The summed E-state index contributed by atoms with van der Waals surface area (Å²) in [6.45, 7) is 0. The second-order valence-corrected chi connectivity index (χ2v) is 4.42. The Morgan fingerprint density at radius 3 is 2.25 bits per heavy atom. The number of nitrogens with zero attached hydrogens (tertiary/aromatic N) is 4. The lowest BCUT2D eigenvalue weighted by molar-refractivity contribution is 0.931. The van der Waals surface area contributed by atoms with Crippen LogP contribution in [0.5, 0.6) is 0 Å².